The second-order valence-electron chi connectivity index (χ2n) is 17.7. The van der Waals surface area contributed by atoms with E-state index in [0.717, 1.165) is 0 Å². The Morgan fingerprint density at radius 1 is 0.242 bits per heavy atom. The maximum atomic E-state index is 2.65. The fraction of sp³-hybridized carbons (Fsp3) is 0.143. The average Bonchev–Trinajstić information content (AvgIpc) is 4.01. The molecule has 0 N–H and O–H groups in total. The van der Waals surface area contributed by atoms with Crippen molar-refractivity contribution in [2.45, 2.75) is 40.9 Å². The van der Waals surface area contributed by atoms with Gasteiger partial charge in [-0.05, 0) is 0 Å². The third-order valence-corrected chi connectivity index (χ3v) is 74.8. The molecule has 8 aromatic carbocycles. The summed E-state index contributed by atoms with van der Waals surface area (Å²) in [4.78, 5) is 0. The van der Waals surface area contributed by atoms with E-state index in [1.54, 1.807) is 44.5 Å². The normalized spacial score (nSPS) is 13.9. The van der Waals surface area contributed by atoms with E-state index < -0.39 is 53.2 Å². The summed E-state index contributed by atoms with van der Waals surface area (Å²) in [6.45, 7) is 10.6. The van der Waals surface area contributed by atoms with Crippen molar-refractivity contribution in [3.8, 4) is 44.5 Å². The van der Waals surface area contributed by atoms with Gasteiger partial charge in [-0.3, -0.25) is 0 Å². The first-order chi connectivity index (χ1) is 29.5. The first-order valence-corrected chi connectivity index (χ1v) is 48.5. The quantitative estimate of drug-likeness (QED) is 0.147. The maximum Gasteiger partial charge on any atom is -1.00 e. The van der Waals surface area contributed by atoms with Crippen molar-refractivity contribution in [1.82, 2.24) is 0 Å². The molecular formula is C56H50Cl2Hf2Si2. The zero-order valence-corrected chi connectivity index (χ0v) is 46.7. The topological polar surface area (TPSA) is 0 Å². The van der Waals surface area contributed by atoms with Gasteiger partial charge >= 0.3 is 377 Å². The van der Waals surface area contributed by atoms with Gasteiger partial charge in [-0.1, -0.05) is 0 Å². The van der Waals surface area contributed by atoms with Gasteiger partial charge in [-0.25, -0.2) is 0 Å². The van der Waals surface area contributed by atoms with E-state index >= 15 is 0 Å². The largest absolute Gasteiger partial charge is 1.00 e. The Bertz CT molecular complexity index is 2360. The molecule has 0 saturated carbocycles. The SMILES string of the molecule is C[SiH](C)[Hf+]([CH]1c2ccccc2-c2ccccc21)[CH]1c2ccccc2-c2ccccc21.C[SiH](C)[Hf+]([CH]1c2ccccc2-c2ccccc21)[CH]1c2ccccc2-c2ccccc21.[Cl-].[Cl-]. The third kappa shape index (κ3) is 7.11. The van der Waals surface area contributed by atoms with Crippen molar-refractivity contribution < 1.29 is 66.0 Å². The zero-order valence-electron chi connectivity index (χ0n) is 35.7. The van der Waals surface area contributed by atoms with Crippen LogP contribution in [-0.4, -0.2) is 12.0 Å². The second-order valence-corrected chi connectivity index (χ2v) is 73.6. The van der Waals surface area contributed by atoms with Crippen LogP contribution in [0.5, 0.6) is 0 Å². The van der Waals surface area contributed by atoms with Crippen molar-refractivity contribution >= 4 is 12.0 Å². The molecule has 12 rings (SSSR count). The number of hydrogen-bond donors (Lipinski definition) is 0. The van der Waals surface area contributed by atoms with Crippen LogP contribution in [0.25, 0.3) is 44.5 Å². The van der Waals surface area contributed by atoms with Crippen LogP contribution in [-0.2, 0) is 41.2 Å². The molecule has 8 aromatic rings. The average molecular weight is 1210 g/mol. The van der Waals surface area contributed by atoms with Crippen LogP contribution >= 0.6 is 0 Å². The minimum absolute atomic E-state index is 0. The Kier molecular flexibility index (Phi) is 12.8. The Balaban J connectivity index is 0.000000153. The van der Waals surface area contributed by atoms with Gasteiger partial charge in [0.2, 0.25) is 0 Å². The van der Waals surface area contributed by atoms with E-state index in [2.05, 4.69) is 220 Å². The molecular weight excluding hydrogens is 1160 g/mol. The molecule has 304 valence electrons. The summed E-state index contributed by atoms with van der Waals surface area (Å²) in [6, 6.07) is 74.2. The Labute approximate surface area is 397 Å². The monoisotopic (exact) mass is 1210 g/mol. The number of benzene rings is 8. The molecule has 62 heavy (non-hydrogen) atoms. The van der Waals surface area contributed by atoms with Gasteiger partial charge in [0.15, 0.2) is 0 Å². The molecule has 0 atom stereocenters. The van der Waals surface area contributed by atoms with Gasteiger partial charge in [0.05, 0.1) is 0 Å². The van der Waals surface area contributed by atoms with Gasteiger partial charge in [-0.2, -0.15) is 0 Å². The molecule has 0 spiro atoms. The van der Waals surface area contributed by atoms with Crippen LogP contribution in [0.4, 0.5) is 0 Å². The van der Waals surface area contributed by atoms with Crippen molar-refractivity contribution in [3.63, 3.8) is 0 Å². The van der Waals surface area contributed by atoms with Crippen LogP contribution in [0, 0.1) is 0 Å². The second kappa shape index (κ2) is 18.2. The van der Waals surface area contributed by atoms with E-state index in [9.17, 15) is 0 Å². The molecule has 0 aromatic heterocycles. The Morgan fingerprint density at radius 2 is 0.371 bits per heavy atom. The van der Waals surface area contributed by atoms with Gasteiger partial charge in [0, 0.05) is 0 Å². The summed E-state index contributed by atoms with van der Waals surface area (Å²) >= 11 is -4.43. The van der Waals surface area contributed by atoms with Crippen molar-refractivity contribution in [2.24, 2.45) is 0 Å². The molecule has 0 amide bonds. The molecule has 0 unspecified atom stereocenters. The fourth-order valence-corrected chi connectivity index (χ4v) is 74.8. The van der Waals surface area contributed by atoms with Gasteiger partial charge < -0.3 is 24.8 Å². The van der Waals surface area contributed by atoms with Crippen molar-refractivity contribution in [2.75, 3.05) is 0 Å². The minimum Gasteiger partial charge on any atom is -1.00 e. The molecule has 4 aliphatic carbocycles. The first kappa shape index (κ1) is 43.8. The predicted molar refractivity (Wildman–Crippen MR) is 253 cm³/mol. The molecule has 0 nitrogen and oxygen atoms in total. The van der Waals surface area contributed by atoms with E-state index in [1.807, 2.05) is 0 Å². The predicted octanol–water partition coefficient (Wildman–Crippen LogP) is 8.26. The van der Waals surface area contributed by atoms with E-state index in [0.29, 0.717) is 14.7 Å². The Hall–Kier alpha value is -3.49. The van der Waals surface area contributed by atoms with Gasteiger partial charge in [-0.15, -0.1) is 0 Å². The molecule has 0 aliphatic heterocycles. The summed E-state index contributed by atoms with van der Waals surface area (Å²) in [7, 11) is 0. The standard InChI is InChI=1S/4C13H9.2C2H7Si.2ClH.2Hf/c4*1-3-7-12-10(5-1)9-11-6-2-4-8-13(11)12;2*1-3-2;;;;/h4*1-9H;2*3H,1-2H3;2*1H;;/q;;;;;;;;2*+1/p-2. The van der Waals surface area contributed by atoms with Gasteiger partial charge in [0.1, 0.15) is 0 Å². The number of hydrogen-bond acceptors (Lipinski definition) is 0. The number of halogens is 2. The van der Waals surface area contributed by atoms with Crippen molar-refractivity contribution in [3.05, 3.63) is 239 Å². The van der Waals surface area contributed by atoms with Crippen LogP contribution in [0.2, 0.25) is 26.2 Å². The van der Waals surface area contributed by atoms with Crippen LogP contribution in [0.15, 0.2) is 194 Å². The van der Waals surface area contributed by atoms with Gasteiger partial charge in [0.25, 0.3) is 0 Å². The molecule has 0 fully saturated rings. The van der Waals surface area contributed by atoms with Crippen LogP contribution in [0.3, 0.4) is 0 Å². The Morgan fingerprint density at radius 3 is 0.500 bits per heavy atom. The number of fused-ring (bicyclic) bond motifs is 12. The molecule has 0 heterocycles. The van der Waals surface area contributed by atoms with Crippen LogP contribution in [0.1, 0.15) is 59.2 Å². The van der Waals surface area contributed by atoms with E-state index in [4.69, 9.17) is 0 Å². The number of rotatable bonds is 6. The molecule has 0 radical (unpaired) electrons. The zero-order chi connectivity index (χ0) is 40.5. The fourth-order valence-electron chi connectivity index (χ4n) is 11.7. The summed E-state index contributed by atoms with van der Waals surface area (Å²) in [5, 5.41) is 0. The van der Waals surface area contributed by atoms with Crippen molar-refractivity contribution in [1.29, 1.82) is 0 Å². The first-order valence-electron chi connectivity index (χ1n) is 22.0. The van der Waals surface area contributed by atoms with Crippen LogP contribution < -0.4 is 24.8 Å². The molecule has 6 heteroatoms. The maximum absolute atomic E-state index is 2.65. The minimum atomic E-state index is -2.21. The summed E-state index contributed by atoms with van der Waals surface area (Å²) in [5.74, 6) is -1.63. The third-order valence-electron chi connectivity index (χ3n) is 14.0. The molecule has 0 saturated heterocycles. The molecule has 4 aliphatic rings. The van der Waals surface area contributed by atoms with E-state index in [-0.39, 0.29) is 24.8 Å². The smallest absolute Gasteiger partial charge is 1.00 e. The summed E-state index contributed by atoms with van der Waals surface area (Å²) in [5.41, 5.74) is 25.0. The summed E-state index contributed by atoms with van der Waals surface area (Å²) in [6.07, 6.45) is 0. The van der Waals surface area contributed by atoms with E-state index in [1.165, 1.54) is 44.5 Å². The summed E-state index contributed by atoms with van der Waals surface area (Å²) < 4.78 is 2.77. The molecule has 0 bridgehead atoms.